The van der Waals surface area contributed by atoms with E-state index >= 15 is 0 Å². The van der Waals surface area contributed by atoms with E-state index in [9.17, 15) is 4.79 Å². The van der Waals surface area contributed by atoms with E-state index in [1.165, 1.54) is 5.56 Å². The summed E-state index contributed by atoms with van der Waals surface area (Å²) in [6.07, 6.45) is 1.82. The average molecular weight is 388 g/mol. The number of rotatable bonds is 7. The third kappa shape index (κ3) is 5.02. The van der Waals surface area contributed by atoms with Crippen LogP contribution in [0.15, 0.2) is 54.6 Å². The second-order valence-corrected chi connectivity index (χ2v) is 7.39. The quantitative estimate of drug-likeness (QED) is 0.767. The van der Waals surface area contributed by atoms with Crippen LogP contribution in [0.2, 0.25) is 5.02 Å². The number of amides is 1. The Bertz CT molecular complexity index is 744. The van der Waals surface area contributed by atoms with E-state index in [0.717, 1.165) is 12.8 Å². The van der Waals surface area contributed by atoms with Crippen molar-refractivity contribution in [2.45, 2.75) is 37.7 Å². The second kappa shape index (κ2) is 9.25. The van der Waals surface area contributed by atoms with E-state index in [1.807, 2.05) is 37.3 Å². The highest BCUT2D eigenvalue weighted by atomic mass is 35.5. The summed E-state index contributed by atoms with van der Waals surface area (Å²) in [5.41, 5.74) is 1.15. The molecule has 0 saturated carbocycles. The summed E-state index contributed by atoms with van der Waals surface area (Å²) in [4.78, 5) is 12.8. The molecule has 0 spiro atoms. The van der Waals surface area contributed by atoms with Crippen LogP contribution in [0.4, 0.5) is 0 Å². The number of ether oxygens (including phenoxy) is 2. The Morgan fingerprint density at radius 3 is 2.59 bits per heavy atom. The normalized spacial score (nSPS) is 17.1. The number of nitrogens with one attached hydrogen (secondary N) is 1. The first kappa shape index (κ1) is 19.7. The van der Waals surface area contributed by atoms with Crippen molar-refractivity contribution < 1.29 is 14.3 Å². The predicted octanol–water partition coefficient (Wildman–Crippen LogP) is 4.36. The molecule has 4 nitrogen and oxygen atoms in total. The third-order valence-electron chi connectivity index (χ3n) is 5.17. The van der Waals surface area contributed by atoms with Crippen molar-refractivity contribution in [3.05, 3.63) is 65.2 Å². The van der Waals surface area contributed by atoms with Gasteiger partial charge in [-0.05, 0) is 43.0 Å². The zero-order valence-electron chi connectivity index (χ0n) is 15.6. The summed E-state index contributed by atoms with van der Waals surface area (Å²) in [5, 5.41) is 3.72. The molecule has 1 aliphatic rings. The van der Waals surface area contributed by atoms with Crippen molar-refractivity contribution in [1.82, 2.24) is 5.32 Å². The maximum atomic E-state index is 12.8. The van der Waals surface area contributed by atoms with E-state index in [0.29, 0.717) is 37.0 Å². The van der Waals surface area contributed by atoms with Crippen LogP contribution in [-0.4, -0.2) is 31.8 Å². The second-order valence-electron chi connectivity index (χ2n) is 6.95. The van der Waals surface area contributed by atoms with Crippen molar-refractivity contribution >= 4 is 17.5 Å². The minimum absolute atomic E-state index is 0.0937. The van der Waals surface area contributed by atoms with Crippen molar-refractivity contribution in [3.8, 4) is 5.75 Å². The molecule has 1 unspecified atom stereocenters. The van der Waals surface area contributed by atoms with Gasteiger partial charge in [0.1, 0.15) is 5.75 Å². The molecule has 1 N–H and O–H groups in total. The maximum absolute atomic E-state index is 12.8. The lowest BCUT2D eigenvalue weighted by Gasteiger charge is -2.38. The van der Waals surface area contributed by atoms with Gasteiger partial charge in [0.15, 0.2) is 6.10 Å². The van der Waals surface area contributed by atoms with Gasteiger partial charge in [0.2, 0.25) is 0 Å². The van der Waals surface area contributed by atoms with Crippen molar-refractivity contribution in [2.24, 2.45) is 0 Å². The zero-order chi connectivity index (χ0) is 19.1. The molecule has 1 heterocycles. The van der Waals surface area contributed by atoms with Gasteiger partial charge in [0.25, 0.3) is 5.91 Å². The first-order valence-corrected chi connectivity index (χ1v) is 9.84. The first-order valence-electron chi connectivity index (χ1n) is 9.46. The molecule has 1 amide bonds. The van der Waals surface area contributed by atoms with Gasteiger partial charge in [-0.15, -0.1) is 0 Å². The molecule has 1 saturated heterocycles. The van der Waals surface area contributed by atoms with Crippen LogP contribution >= 0.6 is 11.6 Å². The van der Waals surface area contributed by atoms with Crippen molar-refractivity contribution in [1.29, 1.82) is 0 Å². The van der Waals surface area contributed by atoms with Gasteiger partial charge in [-0.1, -0.05) is 54.9 Å². The Labute approximate surface area is 165 Å². The van der Waals surface area contributed by atoms with E-state index in [-0.39, 0.29) is 11.3 Å². The Morgan fingerprint density at radius 2 is 1.93 bits per heavy atom. The lowest BCUT2D eigenvalue weighted by atomic mass is 9.74. The summed E-state index contributed by atoms with van der Waals surface area (Å²) < 4.78 is 11.4. The van der Waals surface area contributed by atoms with Gasteiger partial charge in [0, 0.05) is 30.2 Å². The fourth-order valence-electron chi connectivity index (χ4n) is 3.52. The third-order valence-corrected chi connectivity index (χ3v) is 5.41. The Balaban J connectivity index is 1.67. The lowest BCUT2D eigenvalue weighted by Crippen LogP contribution is -2.48. The summed E-state index contributed by atoms with van der Waals surface area (Å²) in [6.45, 7) is 3.94. The molecule has 0 bridgehead atoms. The predicted molar refractivity (Wildman–Crippen MR) is 107 cm³/mol. The van der Waals surface area contributed by atoms with Crippen LogP contribution in [0.5, 0.6) is 5.75 Å². The molecular weight excluding hydrogens is 362 g/mol. The molecular formula is C22H26ClNO3. The molecule has 1 aliphatic heterocycles. The number of hydrogen-bond acceptors (Lipinski definition) is 3. The summed E-state index contributed by atoms with van der Waals surface area (Å²) in [6, 6.07) is 17.5. The highest BCUT2D eigenvalue weighted by Crippen LogP contribution is 2.34. The summed E-state index contributed by atoms with van der Waals surface area (Å²) in [5.74, 6) is 0.507. The van der Waals surface area contributed by atoms with Crippen LogP contribution in [0.25, 0.3) is 0 Å². The fourth-order valence-corrected chi connectivity index (χ4v) is 3.70. The van der Waals surface area contributed by atoms with Crippen LogP contribution in [0.3, 0.4) is 0 Å². The maximum Gasteiger partial charge on any atom is 0.261 e. The van der Waals surface area contributed by atoms with Crippen molar-refractivity contribution in [3.63, 3.8) is 0 Å². The molecule has 144 valence electrons. The number of carbonyl (C=O) groups is 1. The van der Waals surface area contributed by atoms with E-state index in [1.54, 1.807) is 12.1 Å². The van der Waals surface area contributed by atoms with Crippen molar-refractivity contribution in [2.75, 3.05) is 19.8 Å². The fraction of sp³-hybridized carbons (Fsp3) is 0.409. The van der Waals surface area contributed by atoms with Gasteiger partial charge in [-0.25, -0.2) is 0 Å². The smallest absolute Gasteiger partial charge is 0.261 e. The van der Waals surface area contributed by atoms with Crippen LogP contribution in [0.1, 0.15) is 31.7 Å². The van der Waals surface area contributed by atoms with Crippen LogP contribution in [0, 0.1) is 0 Å². The van der Waals surface area contributed by atoms with Gasteiger partial charge in [-0.2, -0.15) is 0 Å². The molecule has 27 heavy (non-hydrogen) atoms. The average Bonchev–Trinajstić information content (AvgIpc) is 2.71. The number of hydrogen-bond donors (Lipinski definition) is 1. The van der Waals surface area contributed by atoms with Gasteiger partial charge in [0.05, 0.1) is 0 Å². The monoisotopic (exact) mass is 387 g/mol. The molecule has 0 aromatic heterocycles. The molecule has 1 atom stereocenters. The van der Waals surface area contributed by atoms with Gasteiger partial charge >= 0.3 is 0 Å². The van der Waals surface area contributed by atoms with E-state index < -0.39 is 6.10 Å². The molecule has 2 aromatic rings. The highest BCUT2D eigenvalue weighted by Gasteiger charge is 2.35. The number of halogens is 1. The minimum atomic E-state index is -0.545. The van der Waals surface area contributed by atoms with Gasteiger partial charge in [-0.3, -0.25) is 4.79 Å². The lowest BCUT2D eigenvalue weighted by molar-refractivity contribution is -0.128. The van der Waals surface area contributed by atoms with Crippen LogP contribution < -0.4 is 10.1 Å². The molecule has 0 aliphatic carbocycles. The molecule has 0 radical (unpaired) electrons. The standard InChI is InChI=1S/C22H26ClNO3/c1-2-20(27-19-10-6-9-18(23)15-19)21(25)24-16-22(11-13-26-14-12-22)17-7-4-3-5-8-17/h3-10,15,20H,2,11-14,16H2,1H3,(H,24,25). The highest BCUT2D eigenvalue weighted by molar-refractivity contribution is 6.30. The Kier molecular flexibility index (Phi) is 6.75. The molecule has 5 heteroatoms. The molecule has 2 aromatic carbocycles. The molecule has 1 fully saturated rings. The number of benzene rings is 2. The van der Waals surface area contributed by atoms with E-state index in [2.05, 4.69) is 17.4 Å². The largest absolute Gasteiger partial charge is 0.481 e. The SMILES string of the molecule is CCC(Oc1cccc(Cl)c1)C(=O)NCC1(c2ccccc2)CCOCC1. The zero-order valence-corrected chi connectivity index (χ0v) is 16.4. The van der Waals surface area contributed by atoms with Crippen LogP contribution in [-0.2, 0) is 14.9 Å². The number of carbonyl (C=O) groups excluding carboxylic acids is 1. The summed E-state index contributed by atoms with van der Waals surface area (Å²) in [7, 11) is 0. The van der Waals surface area contributed by atoms with E-state index in [4.69, 9.17) is 21.1 Å². The minimum Gasteiger partial charge on any atom is -0.481 e. The molecule has 3 rings (SSSR count). The first-order chi connectivity index (χ1) is 13.1. The topological polar surface area (TPSA) is 47.6 Å². The Hall–Kier alpha value is -2.04. The Morgan fingerprint density at radius 1 is 1.19 bits per heavy atom. The summed E-state index contributed by atoms with van der Waals surface area (Å²) >= 11 is 6.01. The van der Waals surface area contributed by atoms with Gasteiger partial charge < -0.3 is 14.8 Å².